The average molecular weight is 268 g/mol. The lowest BCUT2D eigenvalue weighted by molar-refractivity contribution is -0.142. The average Bonchev–Trinajstić information content (AvgIpc) is 2.79. The predicted octanol–water partition coefficient (Wildman–Crippen LogP) is 0.0354. The van der Waals surface area contributed by atoms with E-state index in [1.165, 1.54) is 10.9 Å². The Kier molecular flexibility index (Phi) is 5.05. The summed E-state index contributed by atoms with van der Waals surface area (Å²) in [5.41, 5.74) is 6.19. The summed E-state index contributed by atoms with van der Waals surface area (Å²) in [7, 11) is 1.68. The summed E-state index contributed by atoms with van der Waals surface area (Å²) in [5, 5.41) is 15.5. The van der Waals surface area contributed by atoms with Gasteiger partial charge in [0.15, 0.2) is 6.04 Å². The maximum atomic E-state index is 11.9. The number of carboxylic acids is 1. The second-order valence-electron chi connectivity index (χ2n) is 4.64. The van der Waals surface area contributed by atoms with Crippen molar-refractivity contribution in [2.45, 2.75) is 32.4 Å². The molecule has 0 bridgehead atoms. The molecule has 1 aromatic rings. The van der Waals surface area contributed by atoms with Crippen LogP contribution < -0.4 is 11.1 Å². The van der Waals surface area contributed by atoms with Crippen LogP contribution in [0.4, 0.5) is 0 Å². The highest BCUT2D eigenvalue weighted by Crippen LogP contribution is 2.13. The van der Waals surface area contributed by atoms with Crippen LogP contribution in [0.5, 0.6) is 0 Å². The third-order valence-electron chi connectivity index (χ3n) is 3.15. The third-order valence-corrected chi connectivity index (χ3v) is 3.15. The van der Waals surface area contributed by atoms with E-state index in [-0.39, 0.29) is 5.92 Å². The summed E-state index contributed by atoms with van der Waals surface area (Å²) in [5.74, 6) is -1.62. The summed E-state index contributed by atoms with van der Waals surface area (Å²) >= 11 is 0. The molecule has 0 fully saturated rings. The lowest BCUT2D eigenvalue weighted by Crippen LogP contribution is -2.47. The van der Waals surface area contributed by atoms with E-state index in [1.54, 1.807) is 13.2 Å². The monoisotopic (exact) mass is 268 g/mol. The summed E-state index contributed by atoms with van der Waals surface area (Å²) in [6.45, 7) is 3.78. The van der Waals surface area contributed by atoms with Gasteiger partial charge < -0.3 is 16.2 Å². The van der Waals surface area contributed by atoms with Gasteiger partial charge in [-0.3, -0.25) is 9.48 Å². The number of rotatable bonds is 6. The number of aryl methyl sites for hydroxylation is 1. The third kappa shape index (κ3) is 3.78. The first kappa shape index (κ1) is 15.2. The largest absolute Gasteiger partial charge is 0.479 e. The van der Waals surface area contributed by atoms with Crippen molar-refractivity contribution in [3.63, 3.8) is 0 Å². The van der Waals surface area contributed by atoms with Crippen LogP contribution in [0.25, 0.3) is 0 Å². The first-order chi connectivity index (χ1) is 8.86. The van der Waals surface area contributed by atoms with Crippen LogP contribution in [0.3, 0.4) is 0 Å². The van der Waals surface area contributed by atoms with Gasteiger partial charge in [-0.25, -0.2) is 4.79 Å². The Morgan fingerprint density at radius 3 is 2.63 bits per heavy atom. The summed E-state index contributed by atoms with van der Waals surface area (Å²) in [4.78, 5) is 23.1. The maximum absolute atomic E-state index is 11.9. The molecule has 0 aliphatic rings. The summed E-state index contributed by atoms with van der Waals surface area (Å²) in [6, 6.07) is -1.85. The molecule has 1 aromatic heterocycles. The quantitative estimate of drug-likeness (QED) is 0.674. The molecule has 0 spiro atoms. The molecule has 0 aromatic carbocycles. The topological polar surface area (TPSA) is 110 Å². The Labute approximate surface area is 111 Å². The SMILES string of the molecule is CCC(C)[C@H](N)C(=O)NC(C(=O)O)c1cnn(C)c1. The first-order valence-electron chi connectivity index (χ1n) is 6.14. The van der Waals surface area contributed by atoms with E-state index in [2.05, 4.69) is 10.4 Å². The van der Waals surface area contributed by atoms with Crippen molar-refractivity contribution in [1.82, 2.24) is 15.1 Å². The zero-order chi connectivity index (χ0) is 14.6. The number of aliphatic carboxylic acids is 1. The molecule has 0 radical (unpaired) electrons. The minimum absolute atomic E-state index is 0.0108. The van der Waals surface area contributed by atoms with Gasteiger partial charge in [0.25, 0.3) is 0 Å². The molecule has 0 saturated carbocycles. The van der Waals surface area contributed by atoms with Gasteiger partial charge in [-0.1, -0.05) is 20.3 Å². The highest BCUT2D eigenvalue weighted by Gasteiger charge is 2.27. The van der Waals surface area contributed by atoms with Gasteiger partial charge in [0.1, 0.15) is 0 Å². The number of carbonyl (C=O) groups is 2. The van der Waals surface area contributed by atoms with E-state index in [1.807, 2.05) is 13.8 Å². The number of carboxylic acid groups (broad SMARTS) is 1. The van der Waals surface area contributed by atoms with E-state index >= 15 is 0 Å². The van der Waals surface area contributed by atoms with Gasteiger partial charge in [0.2, 0.25) is 5.91 Å². The van der Waals surface area contributed by atoms with Crippen molar-refractivity contribution < 1.29 is 14.7 Å². The van der Waals surface area contributed by atoms with Crippen molar-refractivity contribution in [3.8, 4) is 0 Å². The smallest absolute Gasteiger partial charge is 0.331 e. The zero-order valence-electron chi connectivity index (χ0n) is 11.3. The molecule has 7 heteroatoms. The Balaban J connectivity index is 2.80. The van der Waals surface area contributed by atoms with Gasteiger partial charge in [-0.15, -0.1) is 0 Å². The first-order valence-corrected chi connectivity index (χ1v) is 6.14. The minimum Gasteiger partial charge on any atom is -0.479 e. The zero-order valence-corrected chi connectivity index (χ0v) is 11.3. The minimum atomic E-state index is -1.14. The van der Waals surface area contributed by atoms with Crippen LogP contribution in [0.2, 0.25) is 0 Å². The Bertz CT molecular complexity index is 458. The molecule has 1 rings (SSSR count). The van der Waals surface area contributed by atoms with E-state index in [0.717, 1.165) is 6.42 Å². The summed E-state index contributed by atoms with van der Waals surface area (Å²) < 4.78 is 1.48. The Hall–Kier alpha value is -1.89. The van der Waals surface area contributed by atoms with E-state index in [0.29, 0.717) is 5.56 Å². The number of hydrogen-bond donors (Lipinski definition) is 3. The molecule has 106 valence electrons. The number of carbonyl (C=O) groups excluding carboxylic acids is 1. The van der Waals surface area contributed by atoms with Crippen molar-refractivity contribution in [1.29, 1.82) is 0 Å². The Morgan fingerprint density at radius 2 is 2.21 bits per heavy atom. The number of amides is 1. The van der Waals surface area contributed by atoms with Crippen LogP contribution in [0.1, 0.15) is 31.9 Å². The number of nitrogens with one attached hydrogen (secondary N) is 1. The normalized spacial score (nSPS) is 15.6. The number of nitrogens with two attached hydrogens (primary N) is 1. The van der Waals surface area contributed by atoms with Crippen molar-refractivity contribution >= 4 is 11.9 Å². The highest BCUT2D eigenvalue weighted by molar-refractivity contribution is 5.87. The van der Waals surface area contributed by atoms with Crippen molar-refractivity contribution in [2.24, 2.45) is 18.7 Å². The Morgan fingerprint density at radius 1 is 1.58 bits per heavy atom. The van der Waals surface area contributed by atoms with Gasteiger partial charge >= 0.3 is 5.97 Å². The van der Waals surface area contributed by atoms with Crippen LogP contribution in [0.15, 0.2) is 12.4 Å². The number of aromatic nitrogens is 2. The van der Waals surface area contributed by atoms with Crippen LogP contribution in [-0.2, 0) is 16.6 Å². The molecule has 19 heavy (non-hydrogen) atoms. The second-order valence-corrected chi connectivity index (χ2v) is 4.64. The molecule has 7 nitrogen and oxygen atoms in total. The van der Waals surface area contributed by atoms with Gasteiger partial charge in [-0.05, 0) is 5.92 Å². The van der Waals surface area contributed by atoms with Crippen LogP contribution in [-0.4, -0.2) is 32.8 Å². The molecule has 0 saturated heterocycles. The molecule has 0 aliphatic heterocycles. The van der Waals surface area contributed by atoms with E-state index in [4.69, 9.17) is 10.8 Å². The van der Waals surface area contributed by atoms with E-state index < -0.39 is 24.0 Å². The molecule has 1 amide bonds. The molecule has 4 N–H and O–H groups in total. The standard InChI is InChI=1S/C12H20N4O3/c1-4-7(2)9(13)11(17)15-10(12(18)19)8-5-14-16(3)6-8/h5-7,9-10H,4,13H2,1-3H3,(H,15,17)(H,18,19)/t7?,9-,10?/m0/s1. The van der Waals surface area contributed by atoms with Gasteiger partial charge in [0, 0.05) is 18.8 Å². The molecule has 2 unspecified atom stereocenters. The fraction of sp³-hybridized carbons (Fsp3) is 0.583. The van der Waals surface area contributed by atoms with E-state index in [9.17, 15) is 9.59 Å². The molecule has 3 atom stereocenters. The van der Waals surface area contributed by atoms with Crippen LogP contribution >= 0.6 is 0 Å². The molecular weight excluding hydrogens is 248 g/mol. The molecular formula is C12H20N4O3. The second kappa shape index (κ2) is 6.33. The summed E-state index contributed by atoms with van der Waals surface area (Å²) in [6.07, 6.45) is 3.71. The maximum Gasteiger partial charge on any atom is 0.331 e. The predicted molar refractivity (Wildman–Crippen MR) is 69.2 cm³/mol. The number of nitrogens with zero attached hydrogens (tertiary/aromatic N) is 2. The van der Waals surface area contributed by atoms with Crippen molar-refractivity contribution in [3.05, 3.63) is 18.0 Å². The van der Waals surface area contributed by atoms with Crippen molar-refractivity contribution in [2.75, 3.05) is 0 Å². The lowest BCUT2D eigenvalue weighted by Gasteiger charge is -2.20. The van der Waals surface area contributed by atoms with Gasteiger partial charge in [-0.2, -0.15) is 5.10 Å². The fourth-order valence-corrected chi connectivity index (χ4v) is 1.63. The molecule has 0 aliphatic carbocycles. The molecule has 1 heterocycles. The number of hydrogen-bond acceptors (Lipinski definition) is 4. The lowest BCUT2D eigenvalue weighted by atomic mass is 9.99. The highest BCUT2D eigenvalue weighted by atomic mass is 16.4. The fourth-order valence-electron chi connectivity index (χ4n) is 1.63. The van der Waals surface area contributed by atoms with Gasteiger partial charge in [0.05, 0.1) is 12.2 Å². The van der Waals surface area contributed by atoms with Crippen LogP contribution in [0, 0.1) is 5.92 Å².